The lowest BCUT2D eigenvalue weighted by Gasteiger charge is -2.29. The Bertz CT molecular complexity index is 441. The molecule has 0 aromatic carbocycles. The first-order valence-electron chi connectivity index (χ1n) is 6.91. The van der Waals surface area contributed by atoms with E-state index in [4.69, 9.17) is 4.74 Å². The van der Waals surface area contributed by atoms with Crippen LogP contribution in [0.5, 0.6) is 0 Å². The third-order valence-electron chi connectivity index (χ3n) is 5.19. The summed E-state index contributed by atoms with van der Waals surface area (Å²) >= 11 is 0. The highest BCUT2D eigenvalue weighted by Gasteiger charge is 2.55. The second-order valence-electron chi connectivity index (χ2n) is 6.03. The Hall–Kier alpha value is -1.13. The number of carbonyl (C=O) groups excluding carboxylic acids is 1. The molecule has 2 N–H and O–H groups in total. The zero-order chi connectivity index (χ0) is 13.7. The van der Waals surface area contributed by atoms with Crippen molar-refractivity contribution < 1.29 is 19.7 Å². The summed E-state index contributed by atoms with van der Waals surface area (Å²) in [7, 11) is 0. The molecule has 0 aromatic rings. The molecule has 0 spiro atoms. The molecule has 2 unspecified atom stereocenters. The van der Waals surface area contributed by atoms with E-state index in [1.165, 1.54) is 0 Å². The van der Waals surface area contributed by atoms with Crippen LogP contribution in [0.2, 0.25) is 0 Å². The molecule has 2 aliphatic carbocycles. The zero-order valence-electron chi connectivity index (χ0n) is 10.9. The maximum absolute atomic E-state index is 11.7. The number of hydrogen-bond acceptors (Lipinski definition) is 4. The Balaban J connectivity index is 1.99. The minimum absolute atomic E-state index is 0.0126. The molecule has 1 heterocycles. The summed E-state index contributed by atoms with van der Waals surface area (Å²) in [6.07, 6.45) is 1.49. The molecule has 6 atom stereocenters. The summed E-state index contributed by atoms with van der Waals surface area (Å²) in [4.78, 5) is 11.7. The van der Waals surface area contributed by atoms with E-state index < -0.39 is 6.10 Å². The van der Waals surface area contributed by atoms with E-state index in [2.05, 4.69) is 13.2 Å². The van der Waals surface area contributed by atoms with Crippen LogP contribution >= 0.6 is 0 Å². The molecule has 3 fully saturated rings. The molecule has 1 saturated heterocycles. The van der Waals surface area contributed by atoms with E-state index in [1.807, 2.05) is 0 Å². The quantitative estimate of drug-likeness (QED) is 0.422. The molecule has 19 heavy (non-hydrogen) atoms. The largest absolute Gasteiger partial charge is 0.458 e. The number of fused-ring (bicyclic) bond motifs is 3. The van der Waals surface area contributed by atoms with Gasteiger partial charge in [-0.15, -0.1) is 0 Å². The monoisotopic (exact) mass is 264 g/mol. The summed E-state index contributed by atoms with van der Waals surface area (Å²) in [5.41, 5.74) is 1.65. The highest BCUT2D eigenvalue weighted by Crippen LogP contribution is 2.52. The van der Waals surface area contributed by atoms with Crippen LogP contribution in [0.3, 0.4) is 0 Å². The first-order valence-corrected chi connectivity index (χ1v) is 6.91. The second kappa shape index (κ2) is 4.46. The fraction of sp³-hybridized carbons (Fsp3) is 0.667. The number of ether oxygens (including phenoxy) is 1. The van der Waals surface area contributed by atoms with Crippen molar-refractivity contribution in [2.45, 2.75) is 31.5 Å². The smallest absolute Gasteiger partial charge is 0.334 e. The van der Waals surface area contributed by atoms with Crippen LogP contribution in [0.4, 0.5) is 0 Å². The molecule has 104 valence electrons. The molecule has 4 heteroatoms. The third-order valence-corrected chi connectivity index (χ3v) is 5.19. The molecule has 3 rings (SSSR count). The van der Waals surface area contributed by atoms with Gasteiger partial charge in [0, 0.05) is 29.9 Å². The first kappa shape index (κ1) is 12.9. The van der Waals surface area contributed by atoms with Crippen molar-refractivity contribution in [3.05, 3.63) is 24.3 Å². The molecular weight excluding hydrogens is 244 g/mol. The van der Waals surface area contributed by atoms with Crippen molar-refractivity contribution in [2.75, 3.05) is 6.61 Å². The Kier molecular flexibility index (Phi) is 3.02. The highest BCUT2D eigenvalue weighted by atomic mass is 16.6. The molecule has 3 aliphatic rings. The molecule has 1 aliphatic heterocycles. The Morgan fingerprint density at radius 3 is 2.74 bits per heavy atom. The van der Waals surface area contributed by atoms with Crippen molar-refractivity contribution in [3.63, 3.8) is 0 Å². The van der Waals surface area contributed by atoms with Gasteiger partial charge in [-0.05, 0) is 25.2 Å². The number of carbonyl (C=O) groups is 1. The molecular formula is C15H20O4. The van der Waals surface area contributed by atoms with Gasteiger partial charge in [0.05, 0.1) is 6.10 Å². The molecule has 0 amide bonds. The Labute approximate surface area is 112 Å². The number of rotatable bonds is 1. The van der Waals surface area contributed by atoms with Crippen LogP contribution in [-0.4, -0.2) is 35.0 Å². The van der Waals surface area contributed by atoms with Crippen molar-refractivity contribution in [1.29, 1.82) is 0 Å². The van der Waals surface area contributed by atoms with E-state index >= 15 is 0 Å². The van der Waals surface area contributed by atoms with E-state index in [1.54, 1.807) is 0 Å². The fourth-order valence-electron chi connectivity index (χ4n) is 4.14. The van der Waals surface area contributed by atoms with Crippen molar-refractivity contribution in [3.8, 4) is 0 Å². The lowest BCUT2D eigenvalue weighted by atomic mass is 9.79. The van der Waals surface area contributed by atoms with Gasteiger partial charge >= 0.3 is 5.97 Å². The van der Waals surface area contributed by atoms with Crippen LogP contribution < -0.4 is 0 Å². The van der Waals surface area contributed by atoms with E-state index in [0.29, 0.717) is 12.0 Å². The number of hydrogen-bond donors (Lipinski definition) is 2. The van der Waals surface area contributed by atoms with Crippen LogP contribution in [0.15, 0.2) is 24.3 Å². The minimum atomic E-state index is -0.539. The van der Waals surface area contributed by atoms with Gasteiger partial charge in [0.25, 0.3) is 0 Å². The molecule has 2 saturated carbocycles. The molecule has 4 nitrogen and oxygen atoms in total. The van der Waals surface area contributed by atoms with Gasteiger partial charge in [-0.1, -0.05) is 18.7 Å². The summed E-state index contributed by atoms with van der Waals surface area (Å²) in [6.45, 7) is 7.89. The summed E-state index contributed by atoms with van der Waals surface area (Å²) < 4.78 is 5.50. The van der Waals surface area contributed by atoms with Crippen molar-refractivity contribution >= 4 is 5.97 Å². The number of allylic oxidation sites excluding steroid dienone is 1. The highest BCUT2D eigenvalue weighted by molar-refractivity contribution is 5.90. The molecule has 0 bridgehead atoms. The van der Waals surface area contributed by atoms with E-state index in [9.17, 15) is 15.0 Å². The summed E-state index contributed by atoms with van der Waals surface area (Å²) in [6, 6.07) is 0. The summed E-state index contributed by atoms with van der Waals surface area (Å²) in [5.74, 6) is -0.423. The number of aliphatic hydroxyl groups excluding tert-OH is 2. The predicted molar refractivity (Wildman–Crippen MR) is 69.1 cm³/mol. The van der Waals surface area contributed by atoms with Crippen LogP contribution in [0.1, 0.15) is 19.3 Å². The summed E-state index contributed by atoms with van der Waals surface area (Å²) in [5, 5.41) is 19.7. The lowest BCUT2D eigenvalue weighted by molar-refractivity contribution is -0.143. The van der Waals surface area contributed by atoms with Crippen LogP contribution in [0.25, 0.3) is 0 Å². The average Bonchev–Trinajstić information content (AvgIpc) is 2.81. The Morgan fingerprint density at radius 2 is 2.05 bits per heavy atom. The van der Waals surface area contributed by atoms with Gasteiger partial charge in [0.1, 0.15) is 6.10 Å². The maximum atomic E-state index is 11.7. The number of aliphatic hydroxyl groups is 2. The molecule has 0 aromatic heterocycles. The Morgan fingerprint density at radius 1 is 1.32 bits per heavy atom. The van der Waals surface area contributed by atoms with E-state index in [0.717, 1.165) is 18.4 Å². The average molecular weight is 264 g/mol. The van der Waals surface area contributed by atoms with Gasteiger partial charge < -0.3 is 14.9 Å². The maximum Gasteiger partial charge on any atom is 0.334 e. The van der Waals surface area contributed by atoms with Crippen LogP contribution in [-0.2, 0) is 9.53 Å². The van der Waals surface area contributed by atoms with E-state index in [-0.39, 0.29) is 42.4 Å². The lowest BCUT2D eigenvalue weighted by Crippen LogP contribution is -2.35. The van der Waals surface area contributed by atoms with Crippen LogP contribution in [0, 0.1) is 23.7 Å². The molecule has 0 radical (unpaired) electrons. The standard InChI is InChI=1S/C15H20O4/c1-7-3-4-9-8(2)15(18)19-14(9)13-10(7)5-12(17)11(13)6-16/h9-14,16-17H,1-6H2/t9-,10-,11?,12?,13+,14-/m0/s1. The second-order valence-corrected chi connectivity index (χ2v) is 6.03. The first-order chi connectivity index (χ1) is 9.04. The van der Waals surface area contributed by atoms with Crippen molar-refractivity contribution in [1.82, 2.24) is 0 Å². The number of esters is 1. The topological polar surface area (TPSA) is 66.8 Å². The SMILES string of the molecule is C=C1C(=O)O[C@@H]2[C@H]3C(CO)C(O)C[C@H]3C(=C)CC[C@@H]12. The predicted octanol–water partition coefficient (Wildman–Crippen LogP) is 1.04. The normalized spacial score (nSPS) is 45.7. The third kappa shape index (κ3) is 1.77. The van der Waals surface area contributed by atoms with Gasteiger partial charge in [0.15, 0.2) is 0 Å². The van der Waals surface area contributed by atoms with Gasteiger partial charge in [-0.2, -0.15) is 0 Å². The fourth-order valence-corrected chi connectivity index (χ4v) is 4.14. The van der Waals surface area contributed by atoms with Gasteiger partial charge in [-0.3, -0.25) is 0 Å². The minimum Gasteiger partial charge on any atom is -0.458 e. The van der Waals surface area contributed by atoms with Gasteiger partial charge in [0.2, 0.25) is 0 Å². The van der Waals surface area contributed by atoms with Gasteiger partial charge in [-0.25, -0.2) is 4.79 Å². The zero-order valence-corrected chi connectivity index (χ0v) is 10.9. The van der Waals surface area contributed by atoms with Crippen molar-refractivity contribution in [2.24, 2.45) is 23.7 Å².